The van der Waals surface area contributed by atoms with Crippen molar-refractivity contribution in [1.82, 2.24) is 10.6 Å². The Morgan fingerprint density at radius 2 is 1.85 bits per heavy atom. The number of fused-ring (bicyclic) bond motifs is 3. The second-order valence-electron chi connectivity index (χ2n) is 8.39. The molecule has 0 aromatic heterocycles. The minimum atomic E-state index is -4.21. The Bertz CT molecular complexity index is 1160. The molecule has 1 aliphatic carbocycles. The van der Waals surface area contributed by atoms with Gasteiger partial charge in [0.15, 0.2) is 21.4 Å². The summed E-state index contributed by atoms with van der Waals surface area (Å²) in [6.07, 6.45) is 1.18. The van der Waals surface area contributed by atoms with Crippen LogP contribution in [0.25, 0.3) is 0 Å². The lowest BCUT2D eigenvalue weighted by molar-refractivity contribution is 0.0756. The fourth-order valence-corrected chi connectivity index (χ4v) is 7.77. The minimum Gasteiger partial charge on any atom is -0.490 e. The SMILES string of the molecule is CCNC(=O)NC[C@@H]1CCC[C@@]2(S(=O)(=O)c3ccc(Cl)cc3)c3c(F)ccc(F)c3OC[C@@H]12. The summed E-state index contributed by atoms with van der Waals surface area (Å²) in [5.41, 5.74) is -0.267. The molecule has 0 radical (unpaired) electrons. The van der Waals surface area contributed by atoms with Gasteiger partial charge in [-0.05, 0) is 62.1 Å². The highest BCUT2D eigenvalue weighted by Gasteiger charge is 2.60. The van der Waals surface area contributed by atoms with Crippen molar-refractivity contribution in [3.63, 3.8) is 0 Å². The maximum atomic E-state index is 15.3. The number of halogens is 3. The van der Waals surface area contributed by atoms with E-state index < -0.39 is 32.1 Å². The number of carbonyl (C=O) groups excluding carboxylic acids is 1. The number of hydrogen-bond donors (Lipinski definition) is 2. The Labute approximate surface area is 196 Å². The highest BCUT2D eigenvalue weighted by atomic mass is 35.5. The van der Waals surface area contributed by atoms with Gasteiger partial charge < -0.3 is 15.4 Å². The number of nitrogens with one attached hydrogen (secondary N) is 2. The monoisotopic (exact) mass is 498 g/mol. The molecule has 1 fully saturated rings. The number of ether oxygens (including phenoxy) is 1. The molecule has 1 aliphatic heterocycles. The van der Waals surface area contributed by atoms with E-state index in [1.807, 2.05) is 0 Å². The molecule has 6 nitrogen and oxygen atoms in total. The first-order valence-electron chi connectivity index (χ1n) is 10.9. The largest absolute Gasteiger partial charge is 0.490 e. The Balaban J connectivity index is 1.87. The van der Waals surface area contributed by atoms with Gasteiger partial charge in [-0.1, -0.05) is 18.0 Å². The van der Waals surface area contributed by atoms with E-state index in [2.05, 4.69) is 10.6 Å². The second-order valence-corrected chi connectivity index (χ2v) is 11.0. The maximum absolute atomic E-state index is 15.3. The van der Waals surface area contributed by atoms with Gasteiger partial charge >= 0.3 is 6.03 Å². The van der Waals surface area contributed by atoms with Crippen LogP contribution in [0.1, 0.15) is 31.7 Å². The van der Waals surface area contributed by atoms with E-state index in [1.54, 1.807) is 6.92 Å². The number of benzene rings is 2. The lowest BCUT2D eigenvalue weighted by atomic mass is 9.67. The van der Waals surface area contributed by atoms with E-state index in [0.29, 0.717) is 24.4 Å². The van der Waals surface area contributed by atoms with Crippen LogP contribution in [0.5, 0.6) is 5.75 Å². The van der Waals surface area contributed by atoms with Gasteiger partial charge in [0.25, 0.3) is 0 Å². The normalized spacial score (nSPS) is 24.2. The number of amides is 2. The third-order valence-electron chi connectivity index (χ3n) is 6.65. The first-order chi connectivity index (χ1) is 15.7. The van der Waals surface area contributed by atoms with Crippen LogP contribution in [-0.2, 0) is 14.6 Å². The average molecular weight is 499 g/mol. The van der Waals surface area contributed by atoms with E-state index in [4.69, 9.17) is 16.3 Å². The summed E-state index contributed by atoms with van der Waals surface area (Å²) >= 11 is 5.96. The molecule has 0 spiro atoms. The Morgan fingerprint density at radius 1 is 1.15 bits per heavy atom. The number of hydrogen-bond acceptors (Lipinski definition) is 4. The fourth-order valence-electron chi connectivity index (χ4n) is 5.20. The molecule has 2 aromatic rings. The molecule has 3 atom stereocenters. The number of urea groups is 1. The van der Waals surface area contributed by atoms with Gasteiger partial charge in [-0.2, -0.15) is 0 Å². The zero-order chi connectivity index (χ0) is 23.8. The first kappa shape index (κ1) is 23.8. The molecule has 2 N–H and O–H groups in total. The standard InChI is InChI=1S/C23H25ClF2N2O4S/c1-2-27-22(29)28-12-14-4-3-11-23(33(30,31)16-7-5-15(24)6-8-16)17(14)13-32-21-19(26)10-9-18(25)20(21)23/h5-10,14,17H,2-4,11-13H2,1H3,(H2,27,28,29)/t14-,17-,23-/m0/s1. The quantitative estimate of drug-likeness (QED) is 0.639. The average Bonchev–Trinajstić information content (AvgIpc) is 2.79. The molecule has 178 valence electrons. The van der Waals surface area contributed by atoms with Crippen molar-refractivity contribution in [2.75, 3.05) is 19.7 Å². The number of rotatable bonds is 5. The third-order valence-corrected chi connectivity index (χ3v) is 9.46. The van der Waals surface area contributed by atoms with E-state index in [0.717, 1.165) is 12.1 Å². The summed E-state index contributed by atoms with van der Waals surface area (Å²) in [5, 5.41) is 5.77. The summed E-state index contributed by atoms with van der Waals surface area (Å²) in [5.74, 6) is -3.01. The minimum absolute atomic E-state index is 0.0225. The summed E-state index contributed by atoms with van der Waals surface area (Å²) in [4.78, 5) is 12.0. The van der Waals surface area contributed by atoms with Crippen LogP contribution in [0.4, 0.5) is 13.6 Å². The van der Waals surface area contributed by atoms with Crippen molar-refractivity contribution in [3.8, 4) is 5.75 Å². The molecule has 1 heterocycles. The molecule has 1 saturated carbocycles. The molecular formula is C23H25ClF2N2O4S. The van der Waals surface area contributed by atoms with E-state index in [1.165, 1.54) is 24.3 Å². The van der Waals surface area contributed by atoms with Gasteiger partial charge in [0.1, 0.15) is 10.6 Å². The highest BCUT2D eigenvalue weighted by molar-refractivity contribution is 7.92. The Kier molecular flexibility index (Phi) is 6.55. The van der Waals surface area contributed by atoms with Crippen LogP contribution in [-0.4, -0.2) is 34.1 Å². The number of sulfone groups is 1. The second kappa shape index (κ2) is 9.10. The van der Waals surface area contributed by atoms with Crippen molar-refractivity contribution in [1.29, 1.82) is 0 Å². The molecule has 2 amide bonds. The van der Waals surface area contributed by atoms with Crippen molar-refractivity contribution < 1.29 is 26.7 Å². The molecule has 10 heteroatoms. The maximum Gasteiger partial charge on any atom is 0.314 e. The molecular weight excluding hydrogens is 474 g/mol. The van der Waals surface area contributed by atoms with Gasteiger partial charge in [0, 0.05) is 24.0 Å². The van der Waals surface area contributed by atoms with Crippen LogP contribution < -0.4 is 15.4 Å². The van der Waals surface area contributed by atoms with Crippen LogP contribution in [0.2, 0.25) is 5.02 Å². The lowest BCUT2D eigenvalue weighted by Gasteiger charge is -2.50. The van der Waals surface area contributed by atoms with Crippen molar-refractivity contribution in [3.05, 3.63) is 58.6 Å². The van der Waals surface area contributed by atoms with Crippen LogP contribution in [0, 0.1) is 23.5 Å². The zero-order valence-electron chi connectivity index (χ0n) is 18.0. The van der Waals surface area contributed by atoms with Crippen molar-refractivity contribution in [2.24, 2.45) is 11.8 Å². The van der Waals surface area contributed by atoms with E-state index in [9.17, 15) is 17.6 Å². The zero-order valence-corrected chi connectivity index (χ0v) is 19.6. The smallest absolute Gasteiger partial charge is 0.314 e. The molecule has 0 saturated heterocycles. The lowest BCUT2D eigenvalue weighted by Crippen LogP contribution is -2.56. The van der Waals surface area contributed by atoms with Crippen molar-refractivity contribution >= 4 is 27.5 Å². The summed E-state index contributed by atoms with van der Waals surface area (Å²) < 4.78 is 62.2. The first-order valence-corrected chi connectivity index (χ1v) is 12.7. The predicted molar refractivity (Wildman–Crippen MR) is 120 cm³/mol. The van der Waals surface area contributed by atoms with Gasteiger partial charge in [-0.25, -0.2) is 22.0 Å². The molecule has 2 aliphatic rings. The van der Waals surface area contributed by atoms with Crippen LogP contribution in [0.15, 0.2) is 41.3 Å². The van der Waals surface area contributed by atoms with Crippen LogP contribution >= 0.6 is 11.6 Å². The molecule has 2 aromatic carbocycles. The van der Waals surface area contributed by atoms with Gasteiger partial charge in [0.05, 0.1) is 17.1 Å². The Morgan fingerprint density at radius 3 is 2.55 bits per heavy atom. The molecule has 33 heavy (non-hydrogen) atoms. The van der Waals surface area contributed by atoms with Crippen molar-refractivity contribution in [2.45, 2.75) is 35.8 Å². The molecule has 0 bridgehead atoms. The summed E-state index contributed by atoms with van der Waals surface area (Å²) in [6, 6.07) is 7.18. The topological polar surface area (TPSA) is 84.5 Å². The van der Waals surface area contributed by atoms with E-state index >= 15 is 4.39 Å². The fraction of sp³-hybridized carbons (Fsp3) is 0.435. The van der Waals surface area contributed by atoms with Gasteiger partial charge in [-0.3, -0.25) is 0 Å². The summed E-state index contributed by atoms with van der Waals surface area (Å²) in [6.45, 7) is 2.30. The van der Waals surface area contributed by atoms with Gasteiger partial charge in [-0.15, -0.1) is 0 Å². The molecule has 4 rings (SSSR count). The van der Waals surface area contributed by atoms with E-state index in [-0.39, 0.29) is 47.7 Å². The highest BCUT2D eigenvalue weighted by Crippen LogP contribution is 2.57. The third kappa shape index (κ3) is 3.95. The predicted octanol–water partition coefficient (Wildman–Crippen LogP) is 4.42. The van der Waals surface area contributed by atoms with Gasteiger partial charge in [0.2, 0.25) is 0 Å². The molecule has 0 unspecified atom stereocenters. The summed E-state index contributed by atoms with van der Waals surface area (Å²) in [7, 11) is -4.21. The van der Waals surface area contributed by atoms with Crippen LogP contribution in [0.3, 0.4) is 0 Å². The Hall–Kier alpha value is -2.39. The number of carbonyl (C=O) groups is 1.